The molecule has 0 aliphatic carbocycles. The number of hydrogen-bond donors (Lipinski definition) is 2. The molecule has 0 saturated heterocycles. The van der Waals surface area contributed by atoms with E-state index in [1.165, 1.54) is 6.92 Å². The highest BCUT2D eigenvalue weighted by atomic mass is 16.4. The summed E-state index contributed by atoms with van der Waals surface area (Å²) < 4.78 is 0. The molecule has 19 heavy (non-hydrogen) atoms. The number of carbonyl (C=O) groups excluding carboxylic acids is 1. The zero-order chi connectivity index (χ0) is 14.0. The zero-order valence-electron chi connectivity index (χ0n) is 11.0. The van der Waals surface area contributed by atoms with E-state index in [4.69, 9.17) is 5.11 Å². The molecule has 2 N–H and O–H groups in total. The zero-order valence-corrected chi connectivity index (χ0v) is 11.0. The molecule has 1 heterocycles. The average molecular weight is 263 g/mol. The summed E-state index contributed by atoms with van der Waals surface area (Å²) >= 11 is 0. The van der Waals surface area contributed by atoms with Crippen molar-refractivity contribution >= 4 is 23.4 Å². The Morgan fingerprint density at radius 3 is 2.53 bits per heavy atom. The van der Waals surface area contributed by atoms with Crippen LogP contribution in [0.2, 0.25) is 0 Å². The molecule has 102 valence electrons. The van der Waals surface area contributed by atoms with Crippen molar-refractivity contribution in [3.8, 4) is 0 Å². The lowest BCUT2D eigenvalue weighted by atomic mass is 10.2. The number of rotatable bonds is 2. The second kappa shape index (κ2) is 5.17. The summed E-state index contributed by atoms with van der Waals surface area (Å²) in [6.45, 7) is 2.69. The Labute approximate surface area is 111 Å². The van der Waals surface area contributed by atoms with Crippen molar-refractivity contribution in [1.29, 1.82) is 0 Å². The maximum Gasteiger partial charge on any atom is 0.325 e. The van der Waals surface area contributed by atoms with Gasteiger partial charge in [-0.25, -0.2) is 4.79 Å². The fourth-order valence-electron chi connectivity index (χ4n) is 2.04. The van der Waals surface area contributed by atoms with Crippen LogP contribution >= 0.6 is 0 Å². The number of benzene rings is 1. The van der Waals surface area contributed by atoms with E-state index in [2.05, 4.69) is 10.2 Å². The van der Waals surface area contributed by atoms with Crippen LogP contribution in [0.25, 0.3) is 0 Å². The highest BCUT2D eigenvalue weighted by Crippen LogP contribution is 2.31. The van der Waals surface area contributed by atoms with E-state index in [-0.39, 0.29) is 6.03 Å². The van der Waals surface area contributed by atoms with Gasteiger partial charge in [-0.2, -0.15) is 0 Å². The molecular weight excluding hydrogens is 246 g/mol. The van der Waals surface area contributed by atoms with E-state index < -0.39 is 12.0 Å². The lowest BCUT2D eigenvalue weighted by molar-refractivity contribution is -0.138. The summed E-state index contributed by atoms with van der Waals surface area (Å²) in [5.74, 6) is -1.05. The molecule has 1 aliphatic heterocycles. The Morgan fingerprint density at radius 2 is 1.89 bits per heavy atom. The molecule has 0 spiro atoms. The fraction of sp³-hybridized carbons (Fsp3) is 0.385. The van der Waals surface area contributed by atoms with Gasteiger partial charge in [0.2, 0.25) is 0 Å². The Bertz CT molecular complexity index is 504. The minimum atomic E-state index is -1.05. The van der Waals surface area contributed by atoms with Crippen LogP contribution in [0.3, 0.4) is 0 Å². The number of nitrogens with one attached hydrogen (secondary N) is 1. The molecule has 0 aromatic heterocycles. The van der Waals surface area contributed by atoms with Crippen molar-refractivity contribution in [1.82, 2.24) is 5.32 Å². The molecule has 2 amide bonds. The van der Waals surface area contributed by atoms with Crippen LogP contribution in [0, 0.1) is 0 Å². The summed E-state index contributed by atoms with van der Waals surface area (Å²) in [4.78, 5) is 26.5. The minimum absolute atomic E-state index is 0.379. The molecule has 1 atom stereocenters. The molecule has 2 rings (SSSR count). The van der Waals surface area contributed by atoms with Gasteiger partial charge in [0.1, 0.15) is 6.04 Å². The Balaban J connectivity index is 2.20. The van der Waals surface area contributed by atoms with Crippen molar-refractivity contribution < 1.29 is 14.7 Å². The average Bonchev–Trinajstić information content (AvgIpc) is 2.39. The summed E-state index contributed by atoms with van der Waals surface area (Å²) in [6, 6.07) is 6.29. The Kier molecular flexibility index (Phi) is 3.59. The number of hydrogen-bond acceptors (Lipinski definition) is 3. The lowest BCUT2D eigenvalue weighted by Crippen LogP contribution is -2.51. The number of amides is 2. The van der Waals surface area contributed by atoms with Gasteiger partial charge in [-0.05, 0) is 19.1 Å². The van der Waals surface area contributed by atoms with Crippen molar-refractivity contribution in [2.75, 3.05) is 29.9 Å². The first-order valence-electron chi connectivity index (χ1n) is 6.11. The number of aliphatic carboxylic acids is 1. The van der Waals surface area contributed by atoms with E-state index in [9.17, 15) is 9.59 Å². The predicted octanol–water partition coefficient (Wildman–Crippen LogP) is 1.13. The van der Waals surface area contributed by atoms with Crippen LogP contribution in [0.5, 0.6) is 0 Å². The second-order valence-electron chi connectivity index (χ2n) is 4.57. The molecule has 0 bridgehead atoms. The van der Waals surface area contributed by atoms with Gasteiger partial charge < -0.3 is 15.3 Å². The first kappa shape index (κ1) is 13.2. The minimum Gasteiger partial charge on any atom is -0.480 e. The Morgan fingerprint density at radius 1 is 1.26 bits per heavy atom. The van der Waals surface area contributed by atoms with Gasteiger partial charge in [0.25, 0.3) is 0 Å². The molecule has 6 heteroatoms. The first-order valence-corrected chi connectivity index (χ1v) is 6.11. The van der Waals surface area contributed by atoms with Crippen LogP contribution in [-0.4, -0.2) is 43.3 Å². The number of carboxylic acid groups (broad SMARTS) is 1. The van der Waals surface area contributed by atoms with E-state index in [1.807, 2.05) is 31.3 Å². The van der Waals surface area contributed by atoms with Crippen LogP contribution < -0.4 is 15.1 Å². The molecule has 1 aromatic rings. The van der Waals surface area contributed by atoms with Crippen LogP contribution in [0.1, 0.15) is 6.92 Å². The van der Waals surface area contributed by atoms with Gasteiger partial charge in [0, 0.05) is 20.1 Å². The third-order valence-corrected chi connectivity index (χ3v) is 3.20. The summed E-state index contributed by atoms with van der Waals surface area (Å²) in [7, 11) is 1.97. The molecule has 6 nitrogen and oxygen atoms in total. The van der Waals surface area contributed by atoms with Gasteiger partial charge in [-0.15, -0.1) is 0 Å². The van der Waals surface area contributed by atoms with Crippen molar-refractivity contribution in [2.24, 2.45) is 0 Å². The van der Waals surface area contributed by atoms with E-state index >= 15 is 0 Å². The van der Waals surface area contributed by atoms with Crippen LogP contribution in [-0.2, 0) is 4.79 Å². The van der Waals surface area contributed by atoms with Gasteiger partial charge in [0.15, 0.2) is 0 Å². The van der Waals surface area contributed by atoms with Crippen LogP contribution in [0.4, 0.5) is 16.2 Å². The number of carbonyl (C=O) groups is 2. The number of likely N-dealkylation sites (N-methyl/N-ethyl adjacent to an activating group) is 1. The van der Waals surface area contributed by atoms with Crippen molar-refractivity contribution in [3.63, 3.8) is 0 Å². The number of nitrogens with zero attached hydrogens (tertiary/aromatic N) is 2. The van der Waals surface area contributed by atoms with Crippen molar-refractivity contribution in [2.45, 2.75) is 13.0 Å². The largest absolute Gasteiger partial charge is 0.480 e. The molecular formula is C13H17N3O3. The van der Waals surface area contributed by atoms with E-state index in [0.717, 1.165) is 11.4 Å². The summed E-state index contributed by atoms with van der Waals surface area (Å²) in [6.07, 6.45) is 0. The second-order valence-corrected chi connectivity index (χ2v) is 4.57. The van der Waals surface area contributed by atoms with Gasteiger partial charge in [0.05, 0.1) is 11.4 Å². The van der Waals surface area contributed by atoms with Crippen molar-refractivity contribution in [3.05, 3.63) is 24.3 Å². The maximum absolute atomic E-state index is 12.1. The number of para-hydroxylation sites is 2. The van der Waals surface area contributed by atoms with Gasteiger partial charge >= 0.3 is 12.0 Å². The monoisotopic (exact) mass is 263 g/mol. The molecule has 1 unspecified atom stereocenters. The standard InChI is InChI=1S/C13H17N3O3/c1-9(12(17)18)14-13(19)16-8-7-15(2)10-5-3-4-6-11(10)16/h3-6,9H,7-8H2,1-2H3,(H,14,19)(H,17,18). The number of fused-ring (bicyclic) bond motifs is 1. The summed E-state index contributed by atoms with van der Waals surface area (Å²) in [5.41, 5.74) is 1.76. The van der Waals surface area contributed by atoms with E-state index in [1.54, 1.807) is 4.90 Å². The van der Waals surface area contributed by atoms with Crippen LogP contribution in [0.15, 0.2) is 24.3 Å². The fourth-order valence-corrected chi connectivity index (χ4v) is 2.04. The number of anilines is 2. The predicted molar refractivity (Wildman–Crippen MR) is 72.7 cm³/mol. The van der Waals surface area contributed by atoms with Gasteiger partial charge in [-0.3, -0.25) is 9.69 Å². The third-order valence-electron chi connectivity index (χ3n) is 3.20. The molecule has 0 saturated carbocycles. The molecule has 1 aromatic carbocycles. The maximum atomic E-state index is 12.1. The third kappa shape index (κ3) is 2.62. The Hall–Kier alpha value is -2.24. The van der Waals surface area contributed by atoms with E-state index in [0.29, 0.717) is 13.1 Å². The summed E-state index contributed by atoms with van der Waals surface area (Å²) in [5, 5.41) is 11.3. The molecule has 0 radical (unpaired) electrons. The smallest absolute Gasteiger partial charge is 0.325 e. The molecule has 1 aliphatic rings. The highest BCUT2D eigenvalue weighted by molar-refractivity contribution is 5.98. The topological polar surface area (TPSA) is 72.9 Å². The number of urea groups is 1. The SMILES string of the molecule is CC(NC(=O)N1CCN(C)c2ccccc21)C(=O)O. The van der Waals surface area contributed by atoms with Gasteiger partial charge in [-0.1, -0.05) is 12.1 Å². The normalized spacial score (nSPS) is 15.7. The highest BCUT2D eigenvalue weighted by Gasteiger charge is 2.26. The lowest BCUT2D eigenvalue weighted by Gasteiger charge is -2.35. The first-order chi connectivity index (χ1) is 9.00. The quantitative estimate of drug-likeness (QED) is 0.838. The molecule has 0 fully saturated rings. The number of carboxylic acids is 1.